The van der Waals surface area contributed by atoms with Crippen LogP contribution < -0.4 is 0 Å². The van der Waals surface area contributed by atoms with Gasteiger partial charge in [-0.2, -0.15) is 5.10 Å². The molecule has 0 saturated heterocycles. The first-order chi connectivity index (χ1) is 9.04. The summed E-state index contributed by atoms with van der Waals surface area (Å²) >= 11 is 3.00. The minimum absolute atomic E-state index is 0.0737. The molecule has 1 atom stereocenters. The lowest BCUT2D eigenvalue weighted by Gasteiger charge is -2.08. The Balaban J connectivity index is 1.83. The smallest absolute Gasteiger partial charge is 0.306 e. The van der Waals surface area contributed by atoms with Crippen LogP contribution in [0.25, 0.3) is 0 Å². The Labute approximate surface area is 117 Å². The monoisotopic (exact) mass is 300 g/mol. The van der Waals surface area contributed by atoms with Gasteiger partial charge in [-0.25, -0.2) is 4.98 Å². The van der Waals surface area contributed by atoms with Crippen LogP contribution >= 0.6 is 23.1 Å². The first-order valence-corrected chi connectivity index (χ1v) is 7.31. The lowest BCUT2D eigenvalue weighted by atomic mass is 10.4. The highest BCUT2D eigenvalue weighted by molar-refractivity contribution is 8.01. The second kappa shape index (κ2) is 6.13. The maximum absolute atomic E-state index is 10.5. The van der Waals surface area contributed by atoms with Gasteiger partial charge in [0, 0.05) is 16.8 Å². The van der Waals surface area contributed by atoms with Gasteiger partial charge in [-0.15, -0.1) is 11.3 Å². The van der Waals surface area contributed by atoms with Crippen molar-refractivity contribution in [1.29, 1.82) is 0 Å². The van der Waals surface area contributed by atoms with Gasteiger partial charge in [0.2, 0.25) is 0 Å². The fourth-order valence-corrected chi connectivity index (χ4v) is 3.17. The molecule has 102 valence electrons. The van der Waals surface area contributed by atoms with E-state index >= 15 is 0 Å². The number of hydrogen-bond donors (Lipinski definition) is 1. The van der Waals surface area contributed by atoms with Gasteiger partial charge in [-0.1, -0.05) is 11.8 Å². The van der Waals surface area contributed by atoms with Gasteiger partial charge in [-0.05, 0) is 6.92 Å². The normalized spacial score (nSPS) is 12.5. The molecule has 0 saturated carbocycles. The fraction of sp³-hybridized carbons (Fsp3) is 0.400. The van der Waals surface area contributed by atoms with Gasteiger partial charge in [-0.3, -0.25) is 14.8 Å². The van der Waals surface area contributed by atoms with Crippen molar-refractivity contribution in [2.45, 2.75) is 23.9 Å². The number of thiazole rings is 1. The molecular weight excluding hydrogens is 288 g/mol. The Hall–Kier alpha value is -1.45. The Morgan fingerprint density at radius 3 is 3.05 bits per heavy atom. The summed E-state index contributed by atoms with van der Waals surface area (Å²) in [6.45, 7) is 2.14. The van der Waals surface area contributed by atoms with E-state index in [1.807, 2.05) is 12.3 Å². The van der Waals surface area contributed by atoms with Crippen molar-refractivity contribution in [3.8, 4) is 0 Å². The average Bonchev–Trinajstić information content (AvgIpc) is 2.96. The quantitative estimate of drug-likeness (QED) is 0.496. The van der Waals surface area contributed by atoms with E-state index in [9.17, 15) is 15.2 Å². The molecule has 1 N–H and O–H groups in total. The summed E-state index contributed by atoms with van der Waals surface area (Å²) in [5.41, 5.74) is 0.889. The van der Waals surface area contributed by atoms with E-state index in [0.717, 1.165) is 10.0 Å². The summed E-state index contributed by atoms with van der Waals surface area (Å²) in [4.78, 5) is 14.3. The highest BCUT2D eigenvalue weighted by Gasteiger charge is 2.12. The second-order valence-electron chi connectivity index (χ2n) is 3.90. The SMILES string of the molecule is Cc1csc(SC[C@H](O)Cn2cc([N+](=O)[O-])cn2)n1. The van der Waals surface area contributed by atoms with Crippen LogP contribution in [0.1, 0.15) is 5.69 Å². The lowest BCUT2D eigenvalue weighted by molar-refractivity contribution is -0.385. The van der Waals surface area contributed by atoms with Crippen molar-refractivity contribution < 1.29 is 10.0 Å². The molecule has 2 rings (SSSR count). The van der Waals surface area contributed by atoms with E-state index in [4.69, 9.17) is 0 Å². The Bertz CT molecular complexity index is 569. The molecule has 7 nitrogen and oxygen atoms in total. The predicted octanol–water partition coefficient (Wildman–Crippen LogP) is 1.71. The zero-order chi connectivity index (χ0) is 13.8. The number of aliphatic hydroxyl groups excluding tert-OH is 1. The summed E-state index contributed by atoms with van der Waals surface area (Å²) in [5.74, 6) is 0.473. The van der Waals surface area contributed by atoms with E-state index in [2.05, 4.69) is 10.1 Å². The molecule has 0 radical (unpaired) electrons. The van der Waals surface area contributed by atoms with Crippen molar-refractivity contribution in [3.63, 3.8) is 0 Å². The van der Waals surface area contributed by atoms with Crippen molar-refractivity contribution in [2.24, 2.45) is 0 Å². The zero-order valence-corrected chi connectivity index (χ0v) is 11.7. The number of aryl methyl sites for hydroxylation is 1. The highest BCUT2D eigenvalue weighted by atomic mass is 32.2. The molecule has 19 heavy (non-hydrogen) atoms. The van der Waals surface area contributed by atoms with Gasteiger partial charge < -0.3 is 5.11 Å². The number of hydrogen-bond acceptors (Lipinski definition) is 7. The molecule has 2 heterocycles. The van der Waals surface area contributed by atoms with E-state index in [1.165, 1.54) is 40.2 Å². The Morgan fingerprint density at radius 2 is 2.47 bits per heavy atom. The number of aromatic nitrogens is 3. The molecule has 2 aromatic rings. The van der Waals surface area contributed by atoms with Crippen molar-refractivity contribution >= 4 is 28.8 Å². The van der Waals surface area contributed by atoms with Crippen LogP contribution in [0.2, 0.25) is 0 Å². The molecule has 0 aliphatic carbocycles. The minimum Gasteiger partial charge on any atom is -0.390 e. The molecule has 0 fully saturated rings. The first-order valence-electron chi connectivity index (χ1n) is 5.44. The van der Waals surface area contributed by atoms with E-state index in [0.29, 0.717) is 5.75 Å². The van der Waals surface area contributed by atoms with E-state index < -0.39 is 11.0 Å². The van der Waals surface area contributed by atoms with Crippen molar-refractivity contribution in [2.75, 3.05) is 5.75 Å². The van der Waals surface area contributed by atoms with Crippen LogP contribution in [-0.4, -0.2) is 36.7 Å². The first kappa shape index (κ1) is 14.0. The largest absolute Gasteiger partial charge is 0.390 e. The van der Waals surface area contributed by atoms with Gasteiger partial charge in [0.1, 0.15) is 16.7 Å². The van der Waals surface area contributed by atoms with Crippen molar-refractivity contribution in [1.82, 2.24) is 14.8 Å². The molecule has 0 bridgehead atoms. The summed E-state index contributed by atoms with van der Waals surface area (Å²) in [5, 5.41) is 26.1. The third kappa shape index (κ3) is 4.01. The number of nitrogens with zero attached hydrogens (tertiary/aromatic N) is 4. The molecule has 0 amide bonds. The lowest BCUT2D eigenvalue weighted by Crippen LogP contribution is -2.18. The zero-order valence-electron chi connectivity index (χ0n) is 10.1. The molecule has 0 aliphatic rings. The summed E-state index contributed by atoms with van der Waals surface area (Å²) in [6.07, 6.45) is 1.85. The van der Waals surface area contributed by atoms with Crippen LogP contribution in [0.4, 0.5) is 5.69 Å². The molecular formula is C10H12N4O3S2. The number of aliphatic hydroxyl groups is 1. The van der Waals surface area contributed by atoms with Crippen LogP contribution in [0.5, 0.6) is 0 Å². The minimum atomic E-state index is -0.631. The average molecular weight is 300 g/mol. The predicted molar refractivity (Wildman–Crippen MR) is 72.5 cm³/mol. The van der Waals surface area contributed by atoms with Crippen molar-refractivity contribution in [3.05, 3.63) is 33.6 Å². The molecule has 0 spiro atoms. The maximum atomic E-state index is 10.5. The molecule has 0 aromatic carbocycles. The van der Waals surface area contributed by atoms with Gasteiger partial charge in [0.05, 0.1) is 17.6 Å². The molecule has 2 aromatic heterocycles. The molecule has 9 heteroatoms. The van der Waals surface area contributed by atoms with Gasteiger partial charge in [0.15, 0.2) is 0 Å². The number of nitro groups is 1. The van der Waals surface area contributed by atoms with Crippen LogP contribution in [0.15, 0.2) is 22.1 Å². The number of rotatable bonds is 6. The van der Waals surface area contributed by atoms with Gasteiger partial charge >= 0.3 is 5.69 Å². The van der Waals surface area contributed by atoms with Gasteiger partial charge in [0.25, 0.3) is 0 Å². The van der Waals surface area contributed by atoms with Crippen LogP contribution in [0, 0.1) is 17.0 Å². The summed E-state index contributed by atoms with van der Waals surface area (Å²) in [7, 11) is 0. The Morgan fingerprint density at radius 1 is 1.68 bits per heavy atom. The number of thioether (sulfide) groups is 1. The summed E-state index contributed by atoms with van der Waals surface area (Å²) in [6, 6.07) is 0. The highest BCUT2D eigenvalue weighted by Crippen LogP contribution is 2.23. The second-order valence-corrected chi connectivity index (χ2v) is 6.02. The molecule has 0 unspecified atom stereocenters. The van der Waals surface area contributed by atoms with E-state index in [1.54, 1.807) is 0 Å². The summed E-state index contributed by atoms with van der Waals surface area (Å²) < 4.78 is 2.28. The van der Waals surface area contributed by atoms with E-state index in [-0.39, 0.29) is 12.2 Å². The third-order valence-corrected chi connectivity index (χ3v) is 4.51. The maximum Gasteiger partial charge on any atom is 0.306 e. The topological polar surface area (TPSA) is 94.1 Å². The third-order valence-electron chi connectivity index (χ3n) is 2.23. The fourth-order valence-electron chi connectivity index (χ4n) is 1.38. The van der Waals surface area contributed by atoms with Crippen LogP contribution in [0.3, 0.4) is 0 Å². The Kier molecular flexibility index (Phi) is 4.51. The van der Waals surface area contributed by atoms with Crippen LogP contribution in [-0.2, 0) is 6.54 Å². The molecule has 0 aliphatic heterocycles. The standard InChI is InChI=1S/C10H12N4O3S2/c1-7-5-18-10(12-7)19-6-9(15)4-13-3-8(2-11-13)14(16)17/h2-3,5,9,15H,4,6H2,1H3/t9-/m1/s1.